The van der Waals surface area contributed by atoms with Crippen molar-refractivity contribution < 1.29 is 4.79 Å². The second-order valence-electron chi connectivity index (χ2n) is 6.60. The van der Waals surface area contributed by atoms with Crippen LogP contribution in [0.25, 0.3) is 0 Å². The molecule has 4 heteroatoms. The van der Waals surface area contributed by atoms with Crippen LogP contribution in [-0.2, 0) is 4.79 Å². The number of hydrogen-bond acceptors (Lipinski definition) is 3. The second-order valence-corrected chi connectivity index (χ2v) is 7.92. The monoisotopic (exact) mass is 312 g/mol. The number of amides is 1. The molecule has 0 radical (unpaired) electrons. The van der Waals surface area contributed by atoms with E-state index in [1.807, 2.05) is 11.8 Å². The quantitative estimate of drug-likeness (QED) is 0.743. The molecule has 0 aromatic rings. The van der Waals surface area contributed by atoms with Crippen LogP contribution in [-0.4, -0.2) is 40.6 Å². The fourth-order valence-corrected chi connectivity index (χ4v) is 4.52. The zero-order chi connectivity index (χ0) is 15.2. The van der Waals surface area contributed by atoms with Crippen molar-refractivity contribution in [3.05, 3.63) is 0 Å². The Morgan fingerprint density at radius 1 is 1.33 bits per heavy atom. The topological polar surface area (TPSA) is 32.3 Å². The summed E-state index contributed by atoms with van der Waals surface area (Å²) in [6.07, 6.45) is 8.86. The van der Waals surface area contributed by atoms with Crippen molar-refractivity contribution in [2.24, 2.45) is 5.92 Å². The van der Waals surface area contributed by atoms with E-state index in [0.717, 1.165) is 24.3 Å². The molecule has 1 N–H and O–H groups in total. The summed E-state index contributed by atoms with van der Waals surface area (Å²) < 4.78 is 0. The van der Waals surface area contributed by atoms with E-state index in [1.165, 1.54) is 32.1 Å². The van der Waals surface area contributed by atoms with Gasteiger partial charge in [-0.1, -0.05) is 39.5 Å². The molecule has 1 aliphatic heterocycles. The minimum absolute atomic E-state index is 0.0737. The summed E-state index contributed by atoms with van der Waals surface area (Å²) in [6.45, 7) is 6.62. The normalized spacial score (nSPS) is 28.5. The first-order valence-corrected chi connectivity index (χ1v) is 10.0. The number of thioether (sulfide) groups is 1. The van der Waals surface area contributed by atoms with Gasteiger partial charge in [-0.15, -0.1) is 0 Å². The van der Waals surface area contributed by atoms with E-state index in [0.29, 0.717) is 24.0 Å². The van der Waals surface area contributed by atoms with Crippen LogP contribution in [0.4, 0.5) is 0 Å². The van der Waals surface area contributed by atoms with Crippen LogP contribution >= 0.6 is 11.8 Å². The number of carbonyl (C=O) groups is 1. The number of nitrogens with one attached hydrogen (secondary N) is 1. The van der Waals surface area contributed by atoms with Crippen LogP contribution in [0.15, 0.2) is 0 Å². The SMILES string of the molecule is CCCCC1NC(C2CCCC2)N(C(C)CSCC)C1=O. The Balaban J connectivity index is 2.05. The van der Waals surface area contributed by atoms with Crippen LogP contribution < -0.4 is 5.32 Å². The van der Waals surface area contributed by atoms with E-state index in [9.17, 15) is 4.79 Å². The zero-order valence-electron chi connectivity index (χ0n) is 13.9. The molecule has 3 nitrogen and oxygen atoms in total. The summed E-state index contributed by atoms with van der Waals surface area (Å²) in [5.41, 5.74) is 0. The molecule has 0 spiro atoms. The fourth-order valence-electron chi connectivity index (χ4n) is 3.79. The average molecular weight is 313 g/mol. The van der Waals surface area contributed by atoms with Crippen molar-refractivity contribution in [2.45, 2.75) is 84.0 Å². The van der Waals surface area contributed by atoms with E-state index in [4.69, 9.17) is 0 Å². The summed E-state index contributed by atoms with van der Waals surface area (Å²) >= 11 is 1.95. The smallest absolute Gasteiger partial charge is 0.241 e. The molecule has 2 fully saturated rings. The first-order valence-electron chi connectivity index (χ1n) is 8.85. The van der Waals surface area contributed by atoms with Gasteiger partial charge in [0, 0.05) is 11.8 Å². The van der Waals surface area contributed by atoms with Gasteiger partial charge in [0.1, 0.15) is 0 Å². The lowest BCUT2D eigenvalue weighted by atomic mass is 10.0. The van der Waals surface area contributed by atoms with Crippen LogP contribution in [0.2, 0.25) is 0 Å². The largest absolute Gasteiger partial charge is 0.322 e. The lowest BCUT2D eigenvalue weighted by molar-refractivity contribution is -0.132. The molecule has 0 aromatic heterocycles. The summed E-state index contributed by atoms with van der Waals surface area (Å²) in [7, 11) is 0. The Morgan fingerprint density at radius 3 is 2.67 bits per heavy atom. The minimum Gasteiger partial charge on any atom is -0.322 e. The van der Waals surface area contributed by atoms with E-state index >= 15 is 0 Å². The van der Waals surface area contributed by atoms with Crippen molar-refractivity contribution in [1.29, 1.82) is 0 Å². The van der Waals surface area contributed by atoms with Gasteiger partial charge >= 0.3 is 0 Å². The third-order valence-corrected chi connectivity index (χ3v) is 6.08. The molecule has 3 unspecified atom stereocenters. The van der Waals surface area contributed by atoms with E-state index in [2.05, 4.69) is 31.0 Å². The molecule has 122 valence electrons. The average Bonchev–Trinajstić information content (AvgIpc) is 3.10. The highest BCUT2D eigenvalue weighted by atomic mass is 32.2. The standard InChI is InChI=1S/C17H32N2OS/c1-4-6-11-15-17(20)19(13(3)12-21-5-2)16(18-15)14-9-7-8-10-14/h13-16,18H,4-12H2,1-3H3. The Bertz CT molecular complexity index is 331. The van der Waals surface area contributed by atoms with Gasteiger partial charge in [-0.3, -0.25) is 10.1 Å². The Morgan fingerprint density at radius 2 is 2.05 bits per heavy atom. The van der Waals surface area contributed by atoms with E-state index in [1.54, 1.807) is 0 Å². The molecule has 3 atom stereocenters. The highest BCUT2D eigenvalue weighted by molar-refractivity contribution is 7.99. The number of nitrogens with zero attached hydrogens (tertiary/aromatic N) is 1. The van der Waals surface area contributed by atoms with Gasteiger partial charge in [0.05, 0.1) is 12.2 Å². The van der Waals surface area contributed by atoms with Crippen LogP contribution in [0.3, 0.4) is 0 Å². The summed E-state index contributed by atoms with van der Waals surface area (Å²) in [4.78, 5) is 15.0. The maximum atomic E-state index is 12.8. The molecular weight excluding hydrogens is 280 g/mol. The van der Waals surface area contributed by atoms with Crippen molar-refractivity contribution in [3.63, 3.8) is 0 Å². The van der Waals surface area contributed by atoms with Crippen molar-refractivity contribution in [2.75, 3.05) is 11.5 Å². The fraction of sp³-hybridized carbons (Fsp3) is 0.941. The molecule has 1 heterocycles. The van der Waals surface area contributed by atoms with Gasteiger partial charge in [-0.25, -0.2) is 0 Å². The molecular formula is C17H32N2OS. The van der Waals surface area contributed by atoms with Gasteiger partial charge in [-0.05, 0) is 37.9 Å². The van der Waals surface area contributed by atoms with Gasteiger partial charge < -0.3 is 4.90 Å². The molecule has 2 aliphatic rings. The number of hydrogen-bond donors (Lipinski definition) is 1. The Hall–Kier alpha value is -0.220. The highest BCUT2D eigenvalue weighted by Crippen LogP contribution is 2.34. The van der Waals surface area contributed by atoms with Gasteiger partial charge in [0.2, 0.25) is 5.91 Å². The van der Waals surface area contributed by atoms with Crippen molar-refractivity contribution in [1.82, 2.24) is 10.2 Å². The first kappa shape index (κ1) is 17.1. The van der Waals surface area contributed by atoms with Gasteiger partial charge in [-0.2, -0.15) is 11.8 Å². The minimum atomic E-state index is 0.0737. The molecule has 1 amide bonds. The number of unbranched alkanes of at least 4 members (excludes halogenated alkanes) is 1. The van der Waals surface area contributed by atoms with E-state index < -0.39 is 0 Å². The Labute approximate surface area is 134 Å². The maximum absolute atomic E-state index is 12.8. The molecule has 2 rings (SSSR count). The molecule has 0 bridgehead atoms. The maximum Gasteiger partial charge on any atom is 0.241 e. The first-order chi connectivity index (χ1) is 10.2. The highest BCUT2D eigenvalue weighted by Gasteiger charge is 2.44. The molecule has 1 saturated heterocycles. The summed E-state index contributed by atoms with van der Waals surface area (Å²) in [5, 5.41) is 3.69. The van der Waals surface area contributed by atoms with Crippen LogP contribution in [0.1, 0.15) is 65.7 Å². The Kier molecular flexibility index (Phi) is 6.87. The lowest BCUT2D eigenvalue weighted by Crippen LogP contribution is -2.48. The van der Waals surface area contributed by atoms with Gasteiger partial charge in [0.15, 0.2) is 0 Å². The number of rotatable bonds is 8. The third kappa shape index (κ3) is 4.16. The van der Waals surface area contributed by atoms with Crippen LogP contribution in [0, 0.1) is 5.92 Å². The van der Waals surface area contributed by atoms with Crippen molar-refractivity contribution in [3.8, 4) is 0 Å². The number of carbonyl (C=O) groups excluding carboxylic acids is 1. The van der Waals surface area contributed by atoms with Crippen LogP contribution in [0.5, 0.6) is 0 Å². The third-order valence-electron chi connectivity index (χ3n) is 4.95. The molecule has 1 aliphatic carbocycles. The predicted octanol–water partition coefficient (Wildman–Crippen LogP) is 3.63. The lowest BCUT2D eigenvalue weighted by Gasteiger charge is -2.33. The van der Waals surface area contributed by atoms with Crippen molar-refractivity contribution >= 4 is 17.7 Å². The summed E-state index contributed by atoms with van der Waals surface area (Å²) in [6, 6.07) is 0.428. The summed E-state index contributed by atoms with van der Waals surface area (Å²) in [5.74, 6) is 3.24. The molecule has 0 aromatic carbocycles. The van der Waals surface area contributed by atoms with E-state index in [-0.39, 0.29) is 6.04 Å². The zero-order valence-corrected chi connectivity index (χ0v) is 14.8. The molecule has 21 heavy (non-hydrogen) atoms. The van der Waals surface area contributed by atoms with Gasteiger partial charge in [0.25, 0.3) is 0 Å². The predicted molar refractivity (Wildman–Crippen MR) is 91.5 cm³/mol. The second kappa shape index (κ2) is 8.42. The molecule has 1 saturated carbocycles.